The fourth-order valence-corrected chi connectivity index (χ4v) is 1.63. The van der Waals surface area contributed by atoms with E-state index in [9.17, 15) is 24.5 Å². The number of nitrogens with one attached hydrogen (secondary N) is 3. The molecule has 0 saturated heterocycles. The zero-order chi connectivity index (χ0) is 19.7. The number of hydrogen-bond donors (Lipinski definition) is 3. The monoisotopic (exact) mass is 361 g/mol. The van der Waals surface area contributed by atoms with Crippen LogP contribution in [0, 0.1) is 21.4 Å². The van der Waals surface area contributed by atoms with Crippen molar-refractivity contribution in [1.29, 1.82) is 5.26 Å². The van der Waals surface area contributed by atoms with Gasteiger partial charge in [0.2, 0.25) is 5.91 Å². The number of nitrogens with zero attached hydrogens (tertiary/aromatic N) is 2. The number of nitro benzene ring substituents is 1. The molecule has 11 heteroatoms. The minimum atomic E-state index is -1.06. The van der Waals surface area contributed by atoms with Crippen LogP contribution < -0.4 is 20.7 Å². The number of amides is 4. The largest absolute Gasteiger partial charge is 0.494 e. The van der Waals surface area contributed by atoms with E-state index in [-0.39, 0.29) is 23.5 Å². The van der Waals surface area contributed by atoms with Crippen molar-refractivity contribution in [2.24, 2.45) is 0 Å². The average Bonchev–Trinajstić information content (AvgIpc) is 2.61. The lowest BCUT2D eigenvalue weighted by Gasteiger charge is -2.08. The van der Waals surface area contributed by atoms with Crippen LogP contribution in [0.4, 0.5) is 16.2 Å². The van der Waals surface area contributed by atoms with Crippen LogP contribution >= 0.6 is 0 Å². The van der Waals surface area contributed by atoms with Gasteiger partial charge in [-0.3, -0.25) is 30.3 Å². The molecule has 0 saturated carbocycles. The number of carbonyl (C=O) groups excluding carboxylic acids is 3. The summed E-state index contributed by atoms with van der Waals surface area (Å²) in [7, 11) is 1.29. The van der Waals surface area contributed by atoms with Crippen molar-refractivity contribution < 1.29 is 24.0 Å². The summed E-state index contributed by atoms with van der Waals surface area (Å²) in [6, 6.07) is 4.21. The lowest BCUT2D eigenvalue weighted by atomic mass is 10.2. The van der Waals surface area contributed by atoms with E-state index in [4.69, 9.17) is 10.00 Å². The molecular weight excluding hydrogens is 346 g/mol. The molecule has 1 aromatic carbocycles. The van der Waals surface area contributed by atoms with Gasteiger partial charge in [0.05, 0.1) is 23.8 Å². The van der Waals surface area contributed by atoms with E-state index in [1.807, 2.05) is 10.6 Å². The Balaban J connectivity index is 2.89. The van der Waals surface area contributed by atoms with Crippen molar-refractivity contribution in [3.05, 3.63) is 40.1 Å². The van der Waals surface area contributed by atoms with Gasteiger partial charge in [-0.05, 0) is 6.07 Å². The second-order valence-electron chi connectivity index (χ2n) is 4.64. The highest BCUT2D eigenvalue weighted by atomic mass is 16.6. The third kappa shape index (κ3) is 5.60. The molecule has 0 fully saturated rings. The molecule has 0 radical (unpaired) electrons. The van der Waals surface area contributed by atoms with Crippen LogP contribution in [0.2, 0.25) is 0 Å². The molecule has 1 aromatic rings. The van der Waals surface area contributed by atoms with Gasteiger partial charge in [0.1, 0.15) is 17.4 Å². The van der Waals surface area contributed by atoms with Crippen molar-refractivity contribution in [2.45, 2.75) is 13.3 Å². The van der Waals surface area contributed by atoms with Crippen molar-refractivity contribution in [1.82, 2.24) is 10.6 Å². The molecule has 0 heterocycles. The molecule has 0 aromatic heterocycles. The fraction of sp³-hybridized carbons (Fsp3) is 0.200. The highest BCUT2D eigenvalue weighted by Crippen LogP contribution is 2.29. The van der Waals surface area contributed by atoms with E-state index in [0.717, 1.165) is 12.3 Å². The summed E-state index contributed by atoms with van der Waals surface area (Å²) in [5, 5.41) is 26.1. The second-order valence-corrected chi connectivity index (χ2v) is 4.64. The van der Waals surface area contributed by atoms with Crippen molar-refractivity contribution in [2.75, 3.05) is 12.4 Å². The number of rotatable bonds is 6. The number of methoxy groups -OCH3 is 1. The number of carbonyl (C=O) groups is 3. The number of imide groups is 2. The van der Waals surface area contributed by atoms with Gasteiger partial charge >= 0.3 is 6.03 Å². The van der Waals surface area contributed by atoms with E-state index in [1.165, 1.54) is 26.2 Å². The number of benzene rings is 1. The summed E-state index contributed by atoms with van der Waals surface area (Å²) < 4.78 is 5.00. The van der Waals surface area contributed by atoms with Gasteiger partial charge in [-0.15, -0.1) is 0 Å². The molecule has 4 amide bonds. The lowest BCUT2D eigenvalue weighted by molar-refractivity contribution is -0.384. The fourth-order valence-electron chi connectivity index (χ4n) is 1.63. The summed E-state index contributed by atoms with van der Waals surface area (Å²) in [6.45, 7) is 1.52. The van der Waals surface area contributed by atoms with Crippen LogP contribution in [0.15, 0.2) is 30.0 Å². The second kappa shape index (κ2) is 9.38. The van der Waals surface area contributed by atoms with Crippen LogP contribution in [0.3, 0.4) is 0 Å². The molecule has 11 nitrogen and oxygen atoms in total. The highest BCUT2D eigenvalue weighted by Gasteiger charge is 2.15. The Labute approximate surface area is 147 Å². The van der Waals surface area contributed by atoms with Crippen LogP contribution in [-0.2, 0) is 9.59 Å². The molecular formula is C15H15N5O6. The van der Waals surface area contributed by atoms with Crippen LogP contribution in [0.1, 0.15) is 13.3 Å². The molecule has 0 unspecified atom stereocenters. The molecule has 0 atom stereocenters. The number of urea groups is 1. The zero-order valence-corrected chi connectivity index (χ0v) is 13.9. The van der Waals surface area contributed by atoms with E-state index in [1.54, 1.807) is 6.07 Å². The lowest BCUT2D eigenvalue weighted by Crippen LogP contribution is -2.42. The number of anilines is 1. The van der Waals surface area contributed by atoms with Crippen molar-refractivity contribution in [3.63, 3.8) is 0 Å². The quantitative estimate of drug-likeness (QED) is 0.294. The van der Waals surface area contributed by atoms with Gasteiger partial charge in [0, 0.05) is 18.7 Å². The molecule has 0 aliphatic carbocycles. The standard InChI is InChI=1S/C15H15N5O6/c1-3-13(21)18-15(23)19-14(22)9(7-16)8-17-11-5-4-10(20(24)25)6-12(11)26-2/h4-6,8,17H,3H2,1-2H3,(H2,18,19,21,22,23)/b9-8+. The first-order valence-electron chi connectivity index (χ1n) is 7.16. The van der Waals surface area contributed by atoms with Crippen molar-refractivity contribution in [3.8, 4) is 11.8 Å². The van der Waals surface area contributed by atoms with Gasteiger partial charge in [0.15, 0.2) is 0 Å². The number of hydrogen-bond acceptors (Lipinski definition) is 8. The number of nitro groups is 1. The van der Waals surface area contributed by atoms with E-state index in [2.05, 4.69) is 5.32 Å². The Morgan fingerprint density at radius 2 is 2.04 bits per heavy atom. The summed E-state index contributed by atoms with van der Waals surface area (Å²) in [4.78, 5) is 44.5. The first-order chi connectivity index (χ1) is 12.3. The van der Waals surface area contributed by atoms with E-state index < -0.39 is 28.3 Å². The van der Waals surface area contributed by atoms with Gasteiger partial charge < -0.3 is 10.1 Å². The molecule has 1 rings (SSSR count). The predicted octanol–water partition coefficient (Wildman–Crippen LogP) is 1.19. The Kier molecular flexibility index (Phi) is 7.25. The SMILES string of the molecule is CCC(=O)NC(=O)NC(=O)/C(C#N)=C/Nc1ccc([N+](=O)[O-])cc1OC. The summed E-state index contributed by atoms with van der Waals surface area (Å²) >= 11 is 0. The molecule has 0 spiro atoms. The average molecular weight is 361 g/mol. The van der Waals surface area contributed by atoms with Gasteiger partial charge in [-0.25, -0.2) is 4.79 Å². The Morgan fingerprint density at radius 1 is 1.35 bits per heavy atom. The molecule has 136 valence electrons. The molecule has 0 aliphatic rings. The predicted molar refractivity (Wildman–Crippen MR) is 88.9 cm³/mol. The Bertz CT molecular complexity index is 811. The van der Waals surface area contributed by atoms with Crippen LogP contribution in [-0.4, -0.2) is 29.9 Å². The minimum Gasteiger partial charge on any atom is -0.494 e. The first kappa shape index (κ1) is 20.1. The highest BCUT2D eigenvalue weighted by molar-refractivity contribution is 6.09. The maximum absolute atomic E-state index is 11.8. The maximum atomic E-state index is 11.8. The Morgan fingerprint density at radius 3 is 2.58 bits per heavy atom. The van der Waals surface area contributed by atoms with Crippen LogP contribution in [0.5, 0.6) is 5.75 Å². The molecule has 0 bridgehead atoms. The summed E-state index contributed by atoms with van der Waals surface area (Å²) in [5.74, 6) is -1.52. The third-order valence-electron chi connectivity index (χ3n) is 2.93. The van der Waals surface area contributed by atoms with Gasteiger partial charge in [-0.2, -0.15) is 5.26 Å². The number of ether oxygens (including phenoxy) is 1. The molecule has 0 aliphatic heterocycles. The summed E-state index contributed by atoms with van der Waals surface area (Å²) in [6.07, 6.45) is 1.04. The smallest absolute Gasteiger partial charge is 0.328 e. The van der Waals surface area contributed by atoms with E-state index >= 15 is 0 Å². The topological polar surface area (TPSA) is 163 Å². The van der Waals surface area contributed by atoms with Gasteiger partial charge in [0.25, 0.3) is 11.6 Å². The first-order valence-corrected chi connectivity index (χ1v) is 7.16. The summed E-state index contributed by atoms with van der Waals surface area (Å²) in [5.41, 5.74) is -0.416. The minimum absolute atomic E-state index is 0.0457. The molecule has 26 heavy (non-hydrogen) atoms. The Hall–Kier alpha value is -3.94. The third-order valence-corrected chi connectivity index (χ3v) is 2.93. The number of nitriles is 1. The zero-order valence-electron chi connectivity index (χ0n) is 13.9. The van der Waals surface area contributed by atoms with Crippen LogP contribution in [0.25, 0.3) is 0 Å². The number of non-ortho nitro benzene ring substituents is 1. The van der Waals surface area contributed by atoms with Crippen molar-refractivity contribution >= 4 is 29.2 Å². The molecule has 3 N–H and O–H groups in total. The van der Waals surface area contributed by atoms with E-state index in [0.29, 0.717) is 0 Å². The normalized spacial score (nSPS) is 10.3. The maximum Gasteiger partial charge on any atom is 0.328 e. The van der Waals surface area contributed by atoms with Gasteiger partial charge in [-0.1, -0.05) is 6.92 Å².